The third-order valence-corrected chi connectivity index (χ3v) is 1.63. The molecule has 2 heteroatoms. The van der Waals surface area contributed by atoms with Gasteiger partial charge in [-0.1, -0.05) is 18.2 Å². The molecule has 54 valence electrons. The van der Waals surface area contributed by atoms with Crippen molar-refractivity contribution < 1.29 is 0 Å². The predicted octanol–water partition coefficient (Wildman–Crippen LogP) is 1.91. The quantitative estimate of drug-likeness (QED) is 0.555. The first kappa shape index (κ1) is 6.28. The monoisotopic (exact) mass is 144 g/mol. The van der Waals surface area contributed by atoms with Gasteiger partial charge in [-0.05, 0) is 18.6 Å². The van der Waals surface area contributed by atoms with Crippen LogP contribution in [-0.4, -0.2) is 10.2 Å². The van der Waals surface area contributed by atoms with Crippen LogP contribution in [0.4, 0.5) is 0 Å². The maximum absolute atomic E-state index is 3.99. The van der Waals surface area contributed by atoms with Gasteiger partial charge in [0.15, 0.2) is 0 Å². The number of allylic oxidation sites excluding steroid dienone is 2. The van der Waals surface area contributed by atoms with Crippen LogP contribution in [0.15, 0.2) is 24.4 Å². The zero-order valence-corrected chi connectivity index (χ0v) is 6.07. The van der Waals surface area contributed by atoms with Gasteiger partial charge in [0, 0.05) is 5.56 Å². The fraction of sp³-hybridized carbons (Fsp3) is 0.111. The van der Waals surface area contributed by atoms with E-state index < -0.39 is 0 Å². The second-order valence-electron chi connectivity index (χ2n) is 2.41. The largest absolute Gasteiger partial charge is 0.159 e. The fourth-order valence-electron chi connectivity index (χ4n) is 1.08. The Balaban J connectivity index is 2.58. The van der Waals surface area contributed by atoms with E-state index >= 15 is 0 Å². The molecule has 0 aromatic carbocycles. The highest BCUT2D eigenvalue weighted by atomic mass is 15.1. The van der Waals surface area contributed by atoms with Gasteiger partial charge < -0.3 is 0 Å². The molecule has 2 nitrogen and oxygen atoms in total. The molecule has 0 saturated carbocycles. The van der Waals surface area contributed by atoms with Crippen LogP contribution in [0.2, 0.25) is 0 Å². The Morgan fingerprint density at radius 2 is 2.09 bits per heavy atom. The van der Waals surface area contributed by atoms with Gasteiger partial charge in [0.2, 0.25) is 0 Å². The molecule has 0 bridgehead atoms. The molecule has 1 aliphatic carbocycles. The average molecular weight is 144 g/mol. The number of hydrogen-bond donors (Lipinski definition) is 0. The smallest absolute Gasteiger partial charge is 0.0926 e. The zero-order valence-electron chi connectivity index (χ0n) is 6.07. The molecule has 0 fully saturated rings. The van der Waals surface area contributed by atoms with Crippen LogP contribution >= 0.6 is 0 Å². The van der Waals surface area contributed by atoms with Gasteiger partial charge >= 0.3 is 0 Å². The number of rotatable bonds is 0. The van der Waals surface area contributed by atoms with Crippen molar-refractivity contribution in [2.75, 3.05) is 0 Å². The summed E-state index contributed by atoms with van der Waals surface area (Å²) in [5.74, 6) is 0. The van der Waals surface area contributed by atoms with Crippen molar-refractivity contribution in [2.24, 2.45) is 0 Å². The Hall–Kier alpha value is -1.44. The Morgan fingerprint density at radius 3 is 3.09 bits per heavy atom. The molecule has 0 N–H and O–H groups in total. The minimum absolute atomic E-state index is 0.959. The zero-order chi connectivity index (χ0) is 7.52. The van der Waals surface area contributed by atoms with Crippen LogP contribution in [0.3, 0.4) is 0 Å². The van der Waals surface area contributed by atoms with Crippen molar-refractivity contribution in [3.63, 3.8) is 0 Å². The van der Waals surface area contributed by atoms with E-state index in [0.717, 1.165) is 17.7 Å². The summed E-state index contributed by atoms with van der Waals surface area (Å²) in [5.41, 5.74) is 2.11. The molecule has 0 aliphatic heterocycles. The number of hydrogen-bond acceptors (Lipinski definition) is 2. The highest BCUT2D eigenvalue weighted by Gasteiger charge is 1.97. The Labute approximate surface area is 65.3 Å². The fourth-order valence-corrected chi connectivity index (χ4v) is 1.08. The maximum atomic E-state index is 3.99. The van der Waals surface area contributed by atoms with Gasteiger partial charge in [-0.25, -0.2) is 0 Å². The summed E-state index contributed by atoms with van der Waals surface area (Å²) in [6.07, 6.45) is 11.0. The summed E-state index contributed by atoms with van der Waals surface area (Å²) in [6, 6.07) is 1.97. The van der Waals surface area contributed by atoms with Crippen molar-refractivity contribution in [1.29, 1.82) is 0 Å². The molecule has 0 unspecified atom stereocenters. The third kappa shape index (κ3) is 1.19. The van der Waals surface area contributed by atoms with E-state index in [1.165, 1.54) is 0 Å². The van der Waals surface area contributed by atoms with Gasteiger partial charge in [-0.15, -0.1) is 0 Å². The molecule has 1 aromatic rings. The molecule has 1 aromatic heterocycles. The van der Waals surface area contributed by atoms with Crippen LogP contribution in [0.25, 0.3) is 12.2 Å². The molecule has 0 spiro atoms. The van der Waals surface area contributed by atoms with Crippen molar-refractivity contribution in [3.8, 4) is 0 Å². The summed E-state index contributed by atoms with van der Waals surface area (Å²) in [5, 5.41) is 7.80. The van der Waals surface area contributed by atoms with Gasteiger partial charge in [0.05, 0.1) is 11.9 Å². The van der Waals surface area contributed by atoms with Crippen molar-refractivity contribution in [2.45, 2.75) is 6.42 Å². The van der Waals surface area contributed by atoms with E-state index in [1.54, 1.807) is 6.20 Å². The first-order chi connectivity index (χ1) is 5.47. The second-order valence-corrected chi connectivity index (χ2v) is 2.41. The van der Waals surface area contributed by atoms with E-state index in [4.69, 9.17) is 0 Å². The topological polar surface area (TPSA) is 25.8 Å². The first-order valence-electron chi connectivity index (χ1n) is 3.61. The van der Waals surface area contributed by atoms with E-state index in [0.29, 0.717) is 0 Å². The van der Waals surface area contributed by atoms with Gasteiger partial charge in [-0.2, -0.15) is 10.2 Å². The molecule has 2 rings (SSSR count). The summed E-state index contributed by atoms with van der Waals surface area (Å²) in [6.45, 7) is 0. The standard InChI is InChI=1S/C9H8N2/c1-2-4-8-6-7-10-11-9(8)5-3-1/h2-7H,1H2. The lowest BCUT2D eigenvalue weighted by Crippen LogP contribution is -1.87. The summed E-state index contributed by atoms with van der Waals surface area (Å²) in [4.78, 5) is 0. The molecular formula is C9H8N2. The minimum atomic E-state index is 0.959. The number of fused-ring (bicyclic) bond motifs is 1. The van der Waals surface area contributed by atoms with Crippen molar-refractivity contribution in [3.05, 3.63) is 35.7 Å². The van der Waals surface area contributed by atoms with Crippen molar-refractivity contribution >= 4 is 12.2 Å². The summed E-state index contributed by atoms with van der Waals surface area (Å²) in [7, 11) is 0. The Kier molecular flexibility index (Phi) is 1.52. The third-order valence-electron chi connectivity index (χ3n) is 1.63. The van der Waals surface area contributed by atoms with E-state index in [2.05, 4.69) is 28.4 Å². The molecular weight excluding hydrogens is 136 g/mol. The summed E-state index contributed by atoms with van der Waals surface area (Å²) < 4.78 is 0. The lowest BCUT2D eigenvalue weighted by atomic mass is 10.2. The van der Waals surface area contributed by atoms with E-state index in [9.17, 15) is 0 Å². The SMILES string of the molecule is C1=Cc2ccnnc2C=CC1. The van der Waals surface area contributed by atoms with E-state index in [1.807, 2.05) is 12.1 Å². The minimum Gasteiger partial charge on any atom is -0.159 e. The molecule has 0 radical (unpaired) electrons. The van der Waals surface area contributed by atoms with Crippen molar-refractivity contribution in [1.82, 2.24) is 10.2 Å². The van der Waals surface area contributed by atoms with Crippen LogP contribution in [0, 0.1) is 0 Å². The first-order valence-corrected chi connectivity index (χ1v) is 3.61. The van der Waals surface area contributed by atoms with Crippen LogP contribution in [-0.2, 0) is 0 Å². The Morgan fingerprint density at radius 1 is 1.18 bits per heavy atom. The Bertz CT molecular complexity index is 282. The van der Waals surface area contributed by atoms with Crippen LogP contribution < -0.4 is 0 Å². The molecule has 0 amide bonds. The lowest BCUT2D eigenvalue weighted by Gasteiger charge is -1.93. The lowest BCUT2D eigenvalue weighted by molar-refractivity contribution is 1.01. The average Bonchev–Trinajstić information content (AvgIpc) is 2.28. The molecule has 0 saturated heterocycles. The van der Waals surface area contributed by atoms with Gasteiger partial charge in [0.1, 0.15) is 0 Å². The second kappa shape index (κ2) is 2.66. The maximum Gasteiger partial charge on any atom is 0.0926 e. The van der Waals surface area contributed by atoms with Gasteiger partial charge in [-0.3, -0.25) is 0 Å². The van der Waals surface area contributed by atoms with Crippen LogP contribution in [0.1, 0.15) is 17.7 Å². The highest BCUT2D eigenvalue weighted by Crippen LogP contribution is 2.12. The molecule has 1 aliphatic rings. The predicted molar refractivity (Wildman–Crippen MR) is 44.7 cm³/mol. The normalized spacial score (nSPS) is 14.2. The summed E-state index contributed by atoms with van der Waals surface area (Å²) >= 11 is 0. The number of aromatic nitrogens is 2. The van der Waals surface area contributed by atoms with Gasteiger partial charge in [0.25, 0.3) is 0 Å². The van der Waals surface area contributed by atoms with Crippen LogP contribution in [0.5, 0.6) is 0 Å². The number of nitrogens with zero attached hydrogens (tertiary/aromatic N) is 2. The molecule has 11 heavy (non-hydrogen) atoms. The highest BCUT2D eigenvalue weighted by molar-refractivity contribution is 5.63. The van der Waals surface area contributed by atoms with E-state index in [-0.39, 0.29) is 0 Å². The molecule has 0 atom stereocenters. The molecule has 1 heterocycles.